The van der Waals surface area contributed by atoms with Gasteiger partial charge in [0.05, 0.1) is 24.7 Å². The minimum atomic E-state index is -3.71. The number of likely N-dealkylation sites (N-methyl/N-ethyl adjacent to an activating group) is 1. The Morgan fingerprint density at radius 2 is 1.83 bits per heavy atom. The Morgan fingerprint density at radius 1 is 1.09 bits per heavy atom. The van der Waals surface area contributed by atoms with Crippen LogP contribution in [0.25, 0.3) is 0 Å². The van der Waals surface area contributed by atoms with Crippen LogP contribution in [0.3, 0.4) is 0 Å². The molecule has 0 bridgehead atoms. The fourth-order valence-electron chi connectivity index (χ4n) is 3.79. The van der Waals surface area contributed by atoms with Crippen LogP contribution in [0.1, 0.15) is 5.56 Å². The maximum absolute atomic E-state index is 11.6. The Labute approximate surface area is 210 Å². The van der Waals surface area contributed by atoms with Gasteiger partial charge in [0.25, 0.3) is 0 Å². The van der Waals surface area contributed by atoms with Gasteiger partial charge in [0.1, 0.15) is 10.8 Å². The molecule has 1 aliphatic rings. The number of primary sulfonamides is 1. The van der Waals surface area contributed by atoms with Gasteiger partial charge in [0.2, 0.25) is 16.0 Å². The van der Waals surface area contributed by atoms with Crippen molar-refractivity contribution in [3.63, 3.8) is 0 Å². The van der Waals surface area contributed by atoms with E-state index in [9.17, 15) is 8.42 Å². The number of halogens is 1. The molecule has 1 saturated heterocycles. The van der Waals surface area contributed by atoms with Crippen LogP contribution in [-0.2, 0) is 15.8 Å². The highest BCUT2D eigenvalue weighted by Crippen LogP contribution is 2.33. The number of anilines is 5. The fourth-order valence-corrected chi connectivity index (χ4v) is 4.62. The molecule has 186 valence electrons. The predicted molar refractivity (Wildman–Crippen MR) is 140 cm³/mol. The SMILES string of the molecule is COc1cc(N2CCN(C)CC2)ccc1Nc1ncc(Cl)c(Nc2ccccc2CS(N)(=O)=O)n1. The zero-order valence-corrected chi connectivity index (χ0v) is 21.1. The lowest BCUT2D eigenvalue weighted by Gasteiger charge is -2.34. The Bertz CT molecular complexity index is 1300. The molecule has 1 aliphatic heterocycles. The highest BCUT2D eigenvalue weighted by atomic mass is 35.5. The smallest absolute Gasteiger partial charge is 0.229 e. The molecule has 12 heteroatoms. The number of ether oxygens (including phenoxy) is 1. The van der Waals surface area contributed by atoms with E-state index in [0.29, 0.717) is 34.5 Å². The van der Waals surface area contributed by atoms with E-state index in [4.69, 9.17) is 21.5 Å². The minimum absolute atomic E-state index is 0.276. The predicted octanol–water partition coefficient (Wildman–Crippen LogP) is 3.17. The van der Waals surface area contributed by atoms with Crippen LogP contribution in [0.5, 0.6) is 5.75 Å². The summed E-state index contributed by atoms with van der Waals surface area (Å²) in [6, 6.07) is 12.9. The van der Waals surface area contributed by atoms with E-state index in [1.165, 1.54) is 6.20 Å². The number of hydrogen-bond donors (Lipinski definition) is 3. The Morgan fingerprint density at radius 3 is 2.54 bits per heavy atom. The quantitative estimate of drug-likeness (QED) is 0.413. The van der Waals surface area contributed by atoms with E-state index in [-0.39, 0.29) is 10.8 Å². The molecule has 0 radical (unpaired) electrons. The monoisotopic (exact) mass is 517 g/mol. The molecule has 0 atom stereocenters. The third-order valence-electron chi connectivity index (χ3n) is 5.67. The topological polar surface area (TPSA) is 126 Å². The molecule has 4 rings (SSSR count). The van der Waals surface area contributed by atoms with E-state index in [0.717, 1.165) is 31.9 Å². The van der Waals surface area contributed by atoms with Crippen molar-refractivity contribution in [2.45, 2.75) is 5.75 Å². The number of nitrogens with two attached hydrogens (primary N) is 1. The molecule has 0 amide bonds. The molecule has 2 heterocycles. The summed E-state index contributed by atoms with van der Waals surface area (Å²) in [5.74, 6) is 0.958. The minimum Gasteiger partial charge on any atom is -0.494 e. The first-order chi connectivity index (χ1) is 16.7. The lowest BCUT2D eigenvalue weighted by Crippen LogP contribution is -2.44. The number of nitrogens with zero attached hydrogens (tertiary/aromatic N) is 4. The van der Waals surface area contributed by atoms with Crippen LogP contribution in [0.15, 0.2) is 48.7 Å². The first kappa shape index (κ1) is 25.0. The van der Waals surface area contributed by atoms with Crippen LogP contribution < -0.4 is 25.4 Å². The Kier molecular flexibility index (Phi) is 7.60. The van der Waals surface area contributed by atoms with Crippen molar-refractivity contribution in [3.8, 4) is 5.75 Å². The second-order valence-corrected chi connectivity index (χ2v) is 10.3. The Balaban J connectivity index is 1.55. The van der Waals surface area contributed by atoms with Crippen LogP contribution in [0.2, 0.25) is 5.02 Å². The first-order valence-electron chi connectivity index (χ1n) is 11.0. The van der Waals surface area contributed by atoms with E-state index in [1.807, 2.05) is 18.2 Å². The summed E-state index contributed by atoms with van der Waals surface area (Å²) < 4.78 is 28.8. The average Bonchev–Trinajstić information content (AvgIpc) is 2.82. The molecule has 0 spiro atoms. The molecule has 35 heavy (non-hydrogen) atoms. The van der Waals surface area contributed by atoms with Gasteiger partial charge < -0.3 is 25.2 Å². The standard InChI is InChI=1S/C23H28ClN7O3S/c1-30-9-11-31(12-10-30)17-7-8-20(21(13-17)34-2)28-23-26-14-18(24)22(29-23)27-19-6-4-3-5-16(19)15-35(25,32)33/h3-8,13-14H,9-12,15H2,1-2H3,(H2,25,32,33)(H2,26,27,28,29). The normalized spacial score (nSPS) is 14.6. The van der Waals surface area contributed by atoms with Crippen LogP contribution in [0.4, 0.5) is 28.8 Å². The lowest BCUT2D eigenvalue weighted by atomic mass is 10.2. The van der Waals surface area contributed by atoms with Crippen LogP contribution >= 0.6 is 11.6 Å². The lowest BCUT2D eigenvalue weighted by molar-refractivity contribution is 0.312. The number of methoxy groups -OCH3 is 1. The number of para-hydroxylation sites is 1. The van der Waals surface area contributed by atoms with Crippen LogP contribution in [0, 0.1) is 0 Å². The van der Waals surface area contributed by atoms with Crippen molar-refractivity contribution in [3.05, 3.63) is 59.2 Å². The van der Waals surface area contributed by atoms with Gasteiger partial charge in [-0.05, 0) is 30.8 Å². The maximum Gasteiger partial charge on any atom is 0.229 e. The van der Waals surface area contributed by atoms with Crippen molar-refractivity contribution >= 4 is 50.5 Å². The number of piperazine rings is 1. The molecule has 0 unspecified atom stereocenters. The number of aromatic nitrogens is 2. The van der Waals surface area contributed by atoms with E-state index in [1.54, 1.807) is 31.4 Å². The zero-order chi connectivity index (χ0) is 25.0. The fraction of sp³-hybridized carbons (Fsp3) is 0.304. The van der Waals surface area contributed by atoms with Crippen LogP contribution in [-0.4, -0.2) is 63.6 Å². The zero-order valence-electron chi connectivity index (χ0n) is 19.5. The van der Waals surface area contributed by atoms with Gasteiger partial charge in [-0.2, -0.15) is 4.98 Å². The van der Waals surface area contributed by atoms with Crippen molar-refractivity contribution < 1.29 is 13.2 Å². The van der Waals surface area contributed by atoms with Gasteiger partial charge in [0, 0.05) is 43.6 Å². The van der Waals surface area contributed by atoms with Gasteiger partial charge in [-0.3, -0.25) is 0 Å². The maximum atomic E-state index is 11.6. The second-order valence-electron chi connectivity index (χ2n) is 8.28. The molecule has 2 aromatic carbocycles. The highest BCUT2D eigenvalue weighted by Gasteiger charge is 2.17. The van der Waals surface area contributed by atoms with Crippen molar-refractivity contribution in [1.29, 1.82) is 0 Å². The van der Waals surface area contributed by atoms with Crippen molar-refractivity contribution in [2.24, 2.45) is 5.14 Å². The average molecular weight is 518 g/mol. The van der Waals surface area contributed by atoms with Gasteiger partial charge in [0.15, 0.2) is 5.82 Å². The largest absolute Gasteiger partial charge is 0.494 e. The van der Waals surface area contributed by atoms with E-state index < -0.39 is 10.0 Å². The second kappa shape index (κ2) is 10.6. The summed E-state index contributed by atoms with van der Waals surface area (Å²) in [6.45, 7) is 3.93. The Hall–Kier alpha value is -3.12. The summed E-state index contributed by atoms with van der Waals surface area (Å²) in [5, 5.41) is 11.8. The molecule has 10 nitrogen and oxygen atoms in total. The van der Waals surface area contributed by atoms with Gasteiger partial charge >= 0.3 is 0 Å². The number of benzene rings is 2. The summed E-state index contributed by atoms with van der Waals surface area (Å²) in [6.07, 6.45) is 1.46. The summed E-state index contributed by atoms with van der Waals surface area (Å²) >= 11 is 6.32. The third-order valence-corrected chi connectivity index (χ3v) is 6.66. The molecule has 1 fully saturated rings. The third kappa shape index (κ3) is 6.51. The molecule has 4 N–H and O–H groups in total. The summed E-state index contributed by atoms with van der Waals surface area (Å²) in [5.41, 5.74) is 2.82. The first-order valence-corrected chi connectivity index (χ1v) is 13.1. The molecular weight excluding hydrogens is 490 g/mol. The van der Waals surface area contributed by atoms with Gasteiger partial charge in [-0.15, -0.1) is 0 Å². The van der Waals surface area contributed by atoms with Gasteiger partial charge in [-0.1, -0.05) is 29.8 Å². The summed E-state index contributed by atoms with van der Waals surface area (Å²) in [7, 11) is 0.0304. The molecule has 0 saturated carbocycles. The molecule has 3 aromatic rings. The van der Waals surface area contributed by atoms with E-state index in [2.05, 4.69) is 37.4 Å². The number of rotatable bonds is 8. The van der Waals surface area contributed by atoms with Crippen molar-refractivity contribution in [1.82, 2.24) is 14.9 Å². The molecular formula is C23H28ClN7O3S. The number of nitrogens with one attached hydrogen (secondary N) is 2. The van der Waals surface area contributed by atoms with Gasteiger partial charge in [-0.25, -0.2) is 18.5 Å². The number of sulfonamides is 1. The summed E-state index contributed by atoms with van der Waals surface area (Å²) in [4.78, 5) is 13.4. The molecule has 1 aromatic heterocycles. The number of hydrogen-bond acceptors (Lipinski definition) is 9. The highest BCUT2D eigenvalue weighted by molar-refractivity contribution is 7.88. The molecule has 0 aliphatic carbocycles. The van der Waals surface area contributed by atoms with Crippen molar-refractivity contribution in [2.75, 3.05) is 55.9 Å². The van der Waals surface area contributed by atoms with E-state index >= 15 is 0 Å².